The maximum absolute atomic E-state index is 12.6. The van der Waals surface area contributed by atoms with Crippen molar-refractivity contribution in [3.8, 4) is 17.0 Å². The summed E-state index contributed by atoms with van der Waals surface area (Å²) in [5.74, 6) is 1.22. The van der Waals surface area contributed by atoms with Crippen LogP contribution in [-0.4, -0.2) is 46.9 Å². The van der Waals surface area contributed by atoms with Crippen molar-refractivity contribution in [1.82, 2.24) is 29.3 Å². The molecule has 4 aromatic rings. The van der Waals surface area contributed by atoms with Crippen molar-refractivity contribution in [1.29, 1.82) is 0 Å². The van der Waals surface area contributed by atoms with Crippen molar-refractivity contribution in [2.45, 2.75) is 32.9 Å². The summed E-state index contributed by atoms with van der Waals surface area (Å²) in [6.45, 7) is 5.41. The molecule has 0 unspecified atom stereocenters. The lowest BCUT2D eigenvalue weighted by molar-refractivity contribution is -0.121. The third-order valence-corrected chi connectivity index (χ3v) is 5.27. The summed E-state index contributed by atoms with van der Waals surface area (Å²) < 4.78 is 7.41. The number of aromatic nitrogens is 6. The molecule has 1 aliphatic rings. The van der Waals surface area contributed by atoms with Gasteiger partial charge in [0.2, 0.25) is 0 Å². The van der Waals surface area contributed by atoms with E-state index in [0.717, 1.165) is 11.4 Å². The molecule has 0 aliphatic carbocycles. The van der Waals surface area contributed by atoms with Gasteiger partial charge >= 0.3 is 0 Å². The van der Waals surface area contributed by atoms with E-state index in [9.17, 15) is 9.90 Å². The molecule has 1 N–H and O–H groups in total. The van der Waals surface area contributed by atoms with Crippen molar-refractivity contribution in [2.75, 3.05) is 11.5 Å². The SMILES string of the molecule is Cc1nc2cnc(-c3cnc(C(C)(C)O)nc3)cn2c1CN1C(=O)COc2cccnc21. The quantitative estimate of drug-likeness (QED) is 0.521. The van der Waals surface area contributed by atoms with Gasteiger partial charge in [0.05, 0.1) is 29.8 Å². The van der Waals surface area contributed by atoms with Crippen LogP contribution in [0.1, 0.15) is 31.1 Å². The second-order valence-electron chi connectivity index (χ2n) is 8.09. The molecule has 5 rings (SSSR count). The standard InChI is InChI=1S/C22H21N7O3/c1-13-16(11-29-19(30)12-32-17-5-4-6-23-20(17)29)28-10-15(24-9-18(28)27-13)14-7-25-21(26-8-14)22(2,3)31/h4-10,31H,11-12H2,1-3H3. The third-order valence-electron chi connectivity index (χ3n) is 5.27. The van der Waals surface area contributed by atoms with Crippen LogP contribution in [0.5, 0.6) is 5.75 Å². The Kier molecular flexibility index (Phi) is 4.59. The van der Waals surface area contributed by atoms with E-state index in [1.807, 2.05) is 17.5 Å². The smallest absolute Gasteiger partial charge is 0.266 e. The van der Waals surface area contributed by atoms with Crippen LogP contribution in [0.3, 0.4) is 0 Å². The van der Waals surface area contributed by atoms with Crippen molar-refractivity contribution in [3.05, 3.63) is 60.3 Å². The Bertz CT molecular complexity index is 1330. The largest absolute Gasteiger partial charge is 0.480 e. The number of pyridine rings is 1. The molecule has 10 heteroatoms. The van der Waals surface area contributed by atoms with E-state index < -0.39 is 5.60 Å². The van der Waals surface area contributed by atoms with Gasteiger partial charge in [0.25, 0.3) is 5.91 Å². The van der Waals surface area contributed by atoms with Crippen molar-refractivity contribution in [3.63, 3.8) is 0 Å². The van der Waals surface area contributed by atoms with Gasteiger partial charge in [-0.25, -0.2) is 19.9 Å². The van der Waals surface area contributed by atoms with Crippen LogP contribution in [0, 0.1) is 6.92 Å². The van der Waals surface area contributed by atoms with Gasteiger partial charge in [-0.3, -0.25) is 19.1 Å². The fourth-order valence-electron chi connectivity index (χ4n) is 3.58. The first-order valence-corrected chi connectivity index (χ1v) is 10.1. The number of carbonyl (C=O) groups excluding carboxylic acids is 1. The average molecular weight is 431 g/mol. The second-order valence-corrected chi connectivity index (χ2v) is 8.09. The lowest BCUT2D eigenvalue weighted by Crippen LogP contribution is -2.39. The van der Waals surface area contributed by atoms with Crippen LogP contribution < -0.4 is 9.64 Å². The number of aliphatic hydroxyl groups is 1. The predicted molar refractivity (Wildman–Crippen MR) is 115 cm³/mol. The number of hydrogen-bond acceptors (Lipinski definition) is 8. The Labute approximate surface area is 183 Å². The highest BCUT2D eigenvalue weighted by molar-refractivity contribution is 5.96. The van der Waals surface area contributed by atoms with Gasteiger partial charge in [-0.2, -0.15) is 0 Å². The molecule has 4 aromatic heterocycles. The van der Waals surface area contributed by atoms with Crippen molar-refractivity contribution in [2.24, 2.45) is 0 Å². The molecule has 32 heavy (non-hydrogen) atoms. The van der Waals surface area contributed by atoms with Gasteiger partial charge in [0, 0.05) is 30.4 Å². The summed E-state index contributed by atoms with van der Waals surface area (Å²) >= 11 is 0. The molecule has 5 heterocycles. The minimum Gasteiger partial charge on any atom is -0.480 e. The van der Waals surface area contributed by atoms with Crippen LogP contribution in [0.15, 0.2) is 43.1 Å². The molecular formula is C22H21N7O3. The minimum absolute atomic E-state index is 0.0355. The van der Waals surface area contributed by atoms with Gasteiger partial charge in [0.1, 0.15) is 5.60 Å². The molecule has 10 nitrogen and oxygen atoms in total. The predicted octanol–water partition coefficient (Wildman–Crippen LogP) is 2.04. The maximum atomic E-state index is 12.6. The average Bonchev–Trinajstić information content (AvgIpc) is 3.09. The Morgan fingerprint density at radius 1 is 1.16 bits per heavy atom. The van der Waals surface area contributed by atoms with Crippen LogP contribution in [0.2, 0.25) is 0 Å². The summed E-state index contributed by atoms with van der Waals surface area (Å²) in [6, 6.07) is 3.57. The Morgan fingerprint density at radius 3 is 2.69 bits per heavy atom. The highest BCUT2D eigenvalue weighted by Crippen LogP contribution is 2.31. The van der Waals surface area contributed by atoms with Crippen molar-refractivity contribution < 1.29 is 14.6 Å². The normalized spacial score (nSPS) is 13.9. The number of amides is 1. The summed E-state index contributed by atoms with van der Waals surface area (Å²) in [7, 11) is 0. The van der Waals surface area contributed by atoms with Gasteiger partial charge < -0.3 is 9.84 Å². The molecule has 0 saturated carbocycles. The van der Waals surface area contributed by atoms with Crippen LogP contribution >= 0.6 is 0 Å². The monoisotopic (exact) mass is 431 g/mol. The Morgan fingerprint density at radius 2 is 1.94 bits per heavy atom. The zero-order chi connectivity index (χ0) is 22.5. The molecule has 0 atom stereocenters. The van der Waals surface area contributed by atoms with Crippen molar-refractivity contribution >= 4 is 17.4 Å². The number of nitrogens with zero attached hydrogens (tertiary/aromatic N) is 7. The molecule has 0 aromatic carbocycles. The van der Waals surface area contributed by atoms with E-state index in [0.29, 0.717) is 34.3 Å². The van der Waals surface area contributed by atoms with Crippen LogP contribution in [-0.2, 0) is 16.9 Å². The Balaban J connectivity index is 1.54. The molecular weight excluding hydrogens is 410 g/mol. The highest BCUT2D eigenvalue weighted by Gasteiger charge is 2.28. The van der Waals surface area contributed by atoms with Gasteiger partial charge in [-0.05, 0) is 32.9 Å². The zero-order valence-electron chi connectivity index (χ0n) is 17.8. The number of rotatable bonds is 4. The lowest BCUT2D eigenvalue weighted by atomic mass is 10.1. The van der Waals surface area contributed by atoms with Gasteiger partial charge in [-0.15, -0.1) is 0 Å². The number of aryl methyl sites for hydroxylation is 1. The van der Waals surface area contributed by atoms with E-state index in [2.05, 4.69) is 24.9 Å². The molecule has 0 fully saturated rings. The summed E-state index contributed by atoms with van der Waals surface area (Å²) in [5.41, 5.74) is 2.51. The molecule has 0 bridgehead atoms. The number of ether oxygens (including phenoxy) is 1. The van der Waals surface area contributed by atoms with E-state index in [1.54, 1.807) is 55.7 Å². The number of hydrogen-bond donors (Lipinski definition) is 1. The summed E-state index contributed by atoms with van der Waals surface area (Å²) in [5, 5.41) is 10.1. The first-order valence-electron chi connectivity index (χ1n) is 10.1. The summed E-state index contributed by atoms with van der Waals surface area (Å²) in [6.07, 6.45) is 8.40. The molecule has 1 aliphatic heterocycles. The fraction of sp³-hybridized carbons (Fsp3) is 0.273. The van der Waals surface area contributed by atoms with Gasteiger partial charge in [-0.1, -0.05) is 0 Å². The molecule has 0 spiro atoms. The number of carbonyl (C=O) groups is 1. The lowest BCUT2D eigenvalue weighted by Gasteiger charge is -2.28. The maximum Gasteiger partial charge on any atom is 0.266 e. The Hall–Kier alpha value is -3.92. The van der Waals surface area contributed by atoms with E-state index in [1.165, 1.54) is 0 Å². The van der Waals surface area contributed by atoms with Crippen LogP contribution in [0.25, 0.3) is 16.9 Å². The minimum atomic E-state index is -1.13. The topological polar surface area (TPSA) is 119 Å². The first-order chi connectivity index (χ1) is 15.3. The third kappa shape index (κ3) is 3.44. The van der Waals surface area contributed by atoms with E-state index in [4.69, 9.17) is 4.74 Å². The second kappa shape index (κ2) is 7.34. The van der Waals surface area contributed by atoms with Crippen LogP contribution in [0.4, 0.5) is 5.82 Å². The zero-order valence-corrected chi connectivity index (χ0v) is 17.8. The van der Waals surface area contributed by atoms with E-state index >= 15 is 0 Å². The molecule has 1 amide bonds. The number of imidazole rings is 1. The number of fused-ring (bicyclic) bond motifs is 2. The molecule has 162 valence electrons. The molecule has 0 saturated heterocycles. The summed E-state index contributed by atoms with van der Waals surface area (Å²) in [4.78, 5) is 36.2. The van der Waals surface area contributed by atoms with Gasteiger partial charge in [0.15, 0.2) is 29.6 Å². The fourth-order valence-corrected chi connectivity index (χ4v) is 3.58. The highest BCUT2D eigenvalue weighted by atomic mass is 16.5. The van der Waals surface area contributed by atoms with E-state index in [-0.39, 0.29) is 19.1 Å². The molecule has 0 radical (unpaired) electrons. The first kappa shape index (κ1) is 20.0. The number of anilines is 1.